The number of carbonyl (C=O) groups is 3. The molecule has 32 heavy (non-hydrogen) atoms. The van der Waals surface area contributed by atoms with E-state index in [1.165, 1.54) is 0 Å². The van der Waals surface area contributed by atoms with Gasteiger partial charge in [0.25, 0.3) is 0 Å². The molecule has 1 saturated heterocycles. The molecule has 1 atom stereocenters. The fourth-order valence-electron chi connectivity index (χ4n) is 3.58. The van der Waals surface area contributed by atoms with Gasteiger partial charge in [-0.15, -0.1) is 0 Å². The van der Waals surface area contributed by atoms with Crippen LogP contribution in [0.5, 0.6) is 0 Å². The Morgan fingerprint density at radius 2 is 1.88 bits per heavy atom. The van der Waals surface area contributed by atoms with E-state index < -0.39 is 5.92 Å². The van der Waals surface area contributed by atoms with Crippen LogP contribution in [0.25, 0.3) is 0 Å². The molecule has 0 bridgehead atoms. The molecule has 1 fully saturated rings. The normalized spacial score (nSPS) is 15.6. The quantitative estimate of drug-likeness (QED) is 0.522. The number of imidazole rings is 1. The monoisotopic (exact) mass is 495 g/mol. The highest BCUT2D eigenvalue weighted by atomic mass is 79.9. The summed E-state index contributed by atoms with van der Waals surface area (Å²) in [6, 6.07) is 14.4. The van der Waals surface area contributed by atoms with Crippen molar-refractivity contribution in [2.75, 3.05) is 22.1 Å². The van der Waals surface area contributed by atoms with E-state index in [1.54, 1.807) is 47.9 Å². The van der Waals surface area contributed by atoms with Gasteiger partial charge in [-0.05, 0) is 46.3 Å². The van der Waals surface area contributed by atoms with E-state index in [2.05, 4.69) is 31.5 Å². The number of hydrogen-bond donors (Lipinski definition) is 2. The molecule has 1 aliphatic heterocycles. The summed E-state index contributed by atoms with van der Waals surface area (Å²) < 4.78 is 2.64. The van der Waals surface area contributed by atoms with E-state index in [9.17, 15) is 14.4 Å². The Balaban J connectivity index is 1.34. The van der Waals surface area contributed by atoms with Gasteiger partial charge in [0.05, 0.1) is 17.9 Å². The standard InChI is InChI=1S/C23H22BrN5O3/c24-19-6-1-2-7-20(19)29-14-16(12-22(29)31)23(32)27-18-5-3-4-17(13-18)26-21(30)8-10-28-11-9-25-15-28/h1-7,9,11,13,15-16H,8,10,12,14H2,(H,26,30)(H,27,32)/t16-/m0/s1. The van der Waals surface area contributed by atoms with E-state index in [0.29, 0.717) is 30.9 Å². The van der Waals surface area contributed by atoms with Crippen molar-refractivity contribution in [3.8, 4) is 0 Å². The van der Waals surface area contributed by atoms with Crippen LogP contribution in [-0.4, -0.2) is 33.8 Å². The average molecular weight is 496 g/mol. The summed E-state index contributed by atoms with van der Waals surface area (Å²) in [5, 5.41) is 5.70. The van der Waals surface area contributed by atoms with E-state index in [0.717, 1.165) is 10.2 Å². The lowest BCUT2D eigenvalue weighted by atomic mass is 10.1. The molecule has 0 unspecified atom stereocenters. The first kappa shape index (κ1) is 21.8. The zero-order valence-electron chi connectivity index (χ0n) is 17.2. The number of nitrogens with zero attached hydrogens (tertiary/aromatic N) is 3. The lowest BCUT2D eigenvalue weighted by Gasteiger charge is -2.18. The van der Waals surface area contributed by atoms with Crippen LogP contribution in [0.4, 0.5) is 17.1 Å². The lowest BCUT2D eigenvalue weighted by Crippen LogP contribution is -2.28. The van der Waals surface area contributed by atoms with E-state index in [-0.39, 0.29) is 24.1 Å². The van der Waals surface area contributed by atoms with Gasteiger partial charge in [0.1, 0.15) is 0 Å². The number of aromatic nitrogens is 2. The molecule has 3 aromatic rings. The molecular formula is C23H22BrN5O3. The Kier molecular flexibility index (Phi) is 6.65. The highest BCUT2D eigenvalue weighted by Crippen LogP contribution is 2.31. The summed E-state index contributed by atoms with van der Waals surface area (Å²) in [6.45, 7) is 0.851. The third-order valence-corrected chi connectivity index (χ3v) is 5.88. The van der Waals surface area contributed by atoms with Crippen molar-refractivity contribution in [2.24, 2.45) is 5.92 Å². The number of hydrogen-bond acceptors (Lipinski definition) is 4. The predicted molar refractivity (Wildman–Crippen MR) is 125 cm³/mol. The molecule has 0 saturated carbocycles. The van der Waals surface area contributed by atoms with E-state index >= 15 is 0 Å². The predicted octanol–water partition coefficient (Wildman–Crippen LogP) is 3.67. The third kappa shape index (κ3) is 5.23. The van der Waals surface area contributed by atoms with Crippen LogP contribution in [0.3, 0.4) is 0 Å². The van der Waals surface area contributed by atoms with Crippen LogP contribution in [0.1, 0.15) is 12.8 Å². The SMILES string of the molecule is O=C(CCn1ccnc1)Nc1cccc(NC(=O)[C@H]2CC(=O)N(c3ccccc3Br)C2)c1. The maximum absolute atomic E-state index is 12.8. The van der Waals surface area contributed by atoms with Crippen LogP contribution in [0.2, 0.25) is 0 Å². The second kappa shape index (κ2) is 9.78. The molecule has 2 N–H and O–H groups in total. The van der Waals surface area contributed by atoms with E-state index in [1.807, 2.05) is 28.8 Å². The molecule has 2 heterocycles. The first-order valence-corrected chi connectivity index (χ1v) is 11.0. The number of para-hydroxylation sites is 1. The smallest absolute Gasteiger partial charge is 0.229 e. The van der Waals surface area contributed by atoms with Gasteiger partial charge >= 0.3 is 0 Å². The molecule has 3 amide bonds. The van der Waals surface area contributed by atoms with Gasteiger partial charge in [-0.1, -0.05) is 18.2 Å². The Morgan fingerprint density at radius 3 is 2.62 bits per heavy atom. The van der Waals surface area contributed by atoms with Crippen LogP contribution in [-0.2, 0) is 20.9 Å². The van der Waals surface area contributed by atoms with Gasteiger partial charge in [0.15, 0.2) is 0 Å². The minimum absolute atomic E-state index is 0.0871. The molecule has 0 radical (unpaired) electrons. The van der Waals surface area contributed by atoms with Crippen molar-refractivity contribution in [1.29, 1.82) is 0 Å². The zero-order chi connectivity index (χ0) is 22.5. The van der Waals surface area contributed by atoms with Gasteiger partial charge in [0, 0.05) is 54.2 Å². The molecule has 164 valence electrons. The van der Waals surface area contributed by atoms with Crippen molar-refractivity contribution in [2.45, 2.75) is 19.4 Å². The molecule has 1 aliphatic rings. The van der Waals surface area contributed by atoms with Crippen LogP contribution < -0.4 is 15.5 Å². The van der Waals surface area contributed by atoms with Crippen LogP contribution in [0.15, 0.2) is 71.7 Å². The third-order valence-electron chi connectivity index (χ3n) is 5.21. The maximum atomic E-state index is 12.8. The van der Waals surface area contributed by atoms with Crippen molar-refractivity contribution >= 4 is 50.7 Å². The fraction of sp³-hybridized carbons (Fsp3) is 0.217. The molecule has 9 heteroatoms. The number of benzene rings is 2. The second-order valence-electron chi connectivity index (χ2n) is 7.53. The topological polar surface area (TPSA) is 96.3 Å². The minimum atomic E-state index is -0.456. The van der Waals surface area contributed by atoms with Gasteiger partial charge in [-0.3, -0.25) is 14.4 Å². The number of halogens is 1. The highest BCUT2D eigenvalue weighted by Gasteiger charge is 2.35. The van der Waals surface area contributed by atoms with Crippen molar-refractivity contribution in [3.05, 3.63) is 71.7 Å². The van der Waals surface area contributed by atoms with Gasteiger partial charge in [-0.2, -0.15) is 0 Å². The summed E-state index contributed by atoms with van der Waals surface area (Å²) in [5.41, 5.74) is 1.91. The largest absolute Gasteiger partial charge is 0.337 e. The minimum Gasteiger partial charge on any atom is -0.337 e. The number of amides is 3. The summed E-state index contributed by atoms with van der Waals surface area (Å²) in [7, 11) is 0. The van der Waals surface area contributed by atoms with Crippen molar-refractivity contribution in [3.63, 3.8) is 0 Å². The Hall–Kier alpha value is -3.46. The molecule has 0 aliphatic carbocycles. The second-order valence-corrected chi connectivity index (χ2v) is 8.38. The van der Waals surface area contributed by atoms with E-state index in [4.69, 9.17) is 0 Å². The van der Waals surface area contributed by atoms with Gasteiger partial charge < -0.3 is 20.1 Å². The van der Waals surface area contributed by atoms with Gasteiger partial charge in [-0.25, -0.2) is 4.98 Å². The Labute approximate surface area is 193 Å². The Morgan fingerprint density at radius 1 is 1.09 bits per heavy atom. The molecule has 8 nitrogen and oxygen atoms in total. The summed E-state index contributed by atoms with van der Waals surface area (Å²) >= 11 is 3.46. The fourth-order valence-corrected chi connectivity index (χ4v) is 4.08. The number of rotatable bonds is 7. The summed E-state index contributed by atoms with van der Waals surface area (Å²) in [4.78, 5) is 43.1. The summed E-state index contributed by atoms with van der Waals surface area (Å²) in [6.07, 6.45) is 5.59. The number of nitrogens with one attached hydrogen (secondary N) is 2. The maximum Gasteiger partial charge on any atom is 0.229 e. The molecular weight excluding hydrogens is 474 g/mol. The van der Waals surface area contributed by atoms with Crippen LogP contribution in [0, 0.1) is 5.92 Å². The molecule has 1 aromatic heterocycles. The highest BCUT2D eigenvalue weighted by molar-refractivity contribution is 9.10. The van der Waals surface area contributed by atoms with Gasteiger partial charge in [0.2, 0.25) is 17.7 Å². The number of aryl methyl sites for hydroxylation is 1. The molecule has 2 aromatic carbocycles. The van der Waals surface area contributed by atoms with Crippen molar-refractivity contribution in [1.82, 2.24) is 9.55 Å². The summed E-state index contributed by atoms with van der Waals surface area (Å²) in [5.74, 6) is -0.900. The first-order valence-electron chi connectivity index (χ1n) is 10.2. The van der Waals surface area contributed by atoms with Crippen LogP contribution >= 0.6 is 15.9 Å². The average Bonchev–Trinajstić information content (AvgIpc) is 3.43. The molecule has 4 rings (SSSR count). The molecule has 0 spiro atoms. The first-order chi connectivity index (χ1) is 15.5. The lowest BCUT2D eigenvalue weighted by molar-refractivity contribution is -0.122. The zero-order valence-corrected chi connectivity index (χ0v) is 18.8. The Bertz CT molecular complexity index is 1130. The number of anilines is 3. The van der Waals surface area contributed by atoms with Crippen molar-refractivity contribution < 1.29 is 14.4 Å². The number of carbonyl (C=O) groups excluding carboxylic acids is 3.